The van der Waals surface area contributed by atoms with E-state index in [9.17, 15) is 0 Å². The molecule has 0 aliphatic heterocycles. The van der Waals surface area contributed by atoms with E-state index in [2.05, 4.69) is 25.7 Å². The van der Waals surface area contributed by atoms with Crippen LogP contribution in [0.2, 0.25) is 0 Å². The smallest absolute Gasteiger partial charge is 0.00387 e. The fraction of sp³-hybridized carbons (Fsp3) is 1.00. The highest BCUT2D eigenvalue weighted by atomic mass is 15.1. The van der Waals surface area contributed by atoms with E-state index in [1.165, 1.54) is 32.4 Å². The van der Waals surface area contributed by atoms with Crippen molar-refractivity contribution in [3.8, 4) is 0 Å². The first-order valence-corrected chi connectivity index (χ1v) is 4.98. The zero-order valence-electron chi connectivity index (χ0n) is 8.14. The summed E-state index contributed by atoms with van der Waals surface area (Å²) in [4.78, 5) is 2.61. The topological polar surface area (TPSA) is 3.24 Å². The number of rotatable bonds is 5. The van der Waals surface area contributed by atoms with E-state index in [1.807, 2.05) is 0 Å². The fourth-order valence-corrected chi connectivity index (χ4v) is 1.48. The molecule has 1 aliphatic rings. The Morgan fingerprint density at radius 2 is 2.00 bits per heavy atom. The summed E-state index contributed by atoms with van der Waals surface area (Å²) in [6.07, 6.45) is 4.25. The molecule has 0 amide bonds. The van der Waals surface area contributed by atoms with Crippen molar-refractivity contribution in [2.75, 3.05) is 13.1 Å². The summed E-state index contributed by atoms with van der Waals surface area (Å²) in [5, 5.41) is 0. The van der Waals surface area contributed by atoms with E-state index in [0.717, 1.165) is 12.0 Å². The van der Waals surface area contributed by atoms with E-state index in [0.29, 0.717) is 0 Å². The standard InChI is InChI=1S/C10H21N/c1-4-7-11(9(2)3)8-10-5-6-10/h9-10H,4-8H2,1-3H3. The lowest BCUT2D eigenvalue weighted by Crippen LogP contribution is -2.33. The lowest BCUT2D eigenvalue weighted by atomic mass is 10.2. The van der Waals surface area contributed by atoms with Gasteiger partial charge in [-0.25, -0.2) is 0 Å². The molecule has 0 unspecified atom stereocenters. The molecule has 1 saturated carbocycles. The van der Waals surface area contributed by atoms with Crippen LogP contribution in [-0.4, -0.2) is 24.0 Å². The molecule has 0 aromatic heterocycles. The van der Waals surface area contributed by atoms with Crippen LogP contribution < -0.4 is 0 Å². The normalized spacial score (nSPS) is 18.3. The van der Waals surface area contributed by atoms with Gasteiger partial charge in [-0.2, -0.15) is 0 Å². The van der Waals surface area contributed by atoms with Gasteiger partial charge in [0, 0.05) is 12.6 Å². The Morgan fingerprint density at radius 3 is 2.36 bits per heavy atom. The van der Waals surface area contributed by atoms with Crippen LogP contribution in [0.25, 0.3) is 0 Å². The van der Waals surface area contributed by atoms with E-state index < -0.39 is 0 Å². The Bertz CT molecular complexity index is 105. The molecule has 1 aliphatic carbocycles. The molecule has 0 N–H and O–H groups in total. The van der Waals surface area contributed by atoms with Crippen molar-refractivity contribution in [2.45, 2.75) is 46.1 Å². The zero-order chi connectivity index (χ0) is 8.27. The summed E-state index contributed by atoms with van der Waals surface area (Å²) in [6, 6.07) is 0.746. The maximum absolute atomic E-state index is 2.61. The van der Waals surface area contributed by atoms with Gasteiger partial charge >= 0.3 is 0 Å². The molecule has 0 radical (unpaired) electrons. The Hall–Kier alpha value is -0.0400. The molecule has 0 aromatic carbocycles. The van der Waals surface area contributed by atoms with Gasteiger partial charge in [0.2, 0.25) is 0 Å². The van der Waals surface area contributed by atoms with Crippen LogP contribution in [0.5, 0.6) is 0 Å². The number of hydrogen-bond acceptors (Lipinski definition) is 1. The highest BCUT2D eigenvalue weighted by Gasteiger charge is 2.24. The number of nitrogens with zero attached hydrogens (tertiary/aromatic N) is 1. The Morgan fingerprint density at radius 1 is 1.36 bits per heavy atom. The molecule has 0 spiro atoms. The second kappa shape index (κ2) is 4.10. The molecule has 0 heterocycles. The Kier molecular flexibility index (Phi) is 3.38. The van der Waals surface area contributed by atoms with Crippen LogP contribution in [0.4, 0.5) is 0 Å². The minimum Gasteiger partial charge on any atom is -0.301 e. The molecule has 1 fully saturated rings. The monoisotopic (exact) mass is 155 g/mol. The second-order valence-electron chi connectivity index (χ2n) is 4.03. The summed E-state index contributed by atoms with van der Waals surface area (Å²) < 4.78 is 0. The van der Waals surface area contributed by atoms with E-state index in [4.69, 9.17) is 0 Å². The third-order valence-corrected chi connectivity index (χ3v) is 2.43. The zero-order valence-corrected chi connectivity index (χ0v) is 8.14. The molecule has 1 rings (SSSR count). The quantitative estimate of drug-likeness (QED) is 0.589. The van der Waals surface area contributed by atoms with Gasteiger partial charge in [-0.15, -0.1) is 0 Å². The molecular formula is C10H21N. The van der Waals surface area contributed by atoms with Gasteiger partial charge in [-0.1, -0.05) is 6.92 Å². The van der Waals surface area contributed by atoms with Gasteiger partial charge in [-0.05, 0) is 45.6 Å². The maximum atomic E-state index is 2.61. The van der Waals surface area contributed by atoms with Crippen LogP contribution in [0.1, 0.15) is 40.0 Å². The molecule has 0 bridgehead atoms. The fourth-order valence-electron chi connectivity index (χ4n) is 1.48. The van der Waals surface area contributed by atoms with Crippen molar-refractivity contribution >= 4 is 0 Å². The summed E-state index contributed by atoms with van der Waals surface area (Å²) in [7, 11) is 0. The lowest BCUT2D eigenvalue weighted by molar-refractivity contribution is 0.213. The van der Waals surface area contributed by atoms with Crippen molar-refractivity contribution in [2.24, 2.45) is 5.92 Å². The summed E-state index contributed by atoms with van der Waals surface area (Å²) in [5.41, 5.74) is 0. The number of hydrogen-bond donors (Lipinski definition) is 0. The Labute approximate surface area is 70.8 Å². The molecule has 1 heteroatoms. The van der Waals surface area contributed by atoms with Gasteiger partial charge in [0.15, 0.2) is 0 Å². The predicted molar refractivity (Wildman–Crippen MR) is 49.7 cm³/mol. The average Bonchev–Trinajstić information content (AvgIpc) is 2.70. The minimum atomic E-state index is 0.746. The third-order valence-electron chi connectivity index (χ3n) is 2.43. The van der Waals surface area contributed by atoms with Crippen LogP contribution in [0, 0.1) is 5.92 Å². The first-order chi connectivity index (χ1) is 5.24. The first kappa shape index (κ1) is 9.05. The SMILES string of the molecule is CCCN(CC1CC1)C(C)C. The highest BCUT2D eigenvalue weighted by molar-refractivity contribution is 4.78. The van der Waals surface area contributed by atoms with Crippen LogP contribution in [0.15, 0.2) is 0 Å². The molecule has 0 atom stereocenters. The van der Waals surface area contributed by atoms with Gasteiger partial charge in [-0.3, -0.25) is 0 Å². The largest absolute Gasteiger partial charge is 0.301 e. The summed E-state index contributed by atoms with van der Waals surface area (Å²) in [6.45, 7) is 9.51. The van der Waals surface area contributed by atoms with Crippen LogP contribution in [0.3, 0.4) is 0 Å². The van der Waals surface area contributed by atoms with Crippen molar-refractivity contribution in [1.82, 2.24) is 4.90 Å². The summed E-state index contributed by atoms with van der Waals surface area (Å²) >= 11 is 0. The van der Waals surface area contributed by atoms with E-state index >= 15 is 0 Å². The molecule has 66 valence electrons. The molecule has 1 nitrogen and oxygen atoms in total. The van der Waals surface area contributed by atoms with Crippen molar-refractivity contribution in [3.63, 3.8) is 0 Å². The van der Waals surface area contributed by atoms with Crippen LogP contribution >= 0.6 is 0 Å². The molecule has 11 heavy (non-hydrogen) atoms. The summed E-state index contributed by atoms with van der Waals surface area (Å²) in [5.74, 6) is 1.05. The van der Waals surface area contributed by atoms with E-state index in [-0.39, 0.29) is 0 Å². The van der Waals surface area contributed by atoms with Gasteiger partial charge in [0.1, 0.15) is 0 Å². The maximum Gasteiger partial charge on any atom is 0.00387 e. The van der Waals surface area contributed by atoms with Gasteiger partial charge in [0.05, 0.1) is 0 Å². The van der Waals surface area contributed by atoms with E-state index in [1.54, 1.807) is 0 Å². The third kappa shape index (κ3) is 3.24. The van der Waals surface area contributed by atoms with Crippen molar-refractivity contribution in [3.05, 3.63) is 0 Å². The average molecular weight is 155 g/mol. The predicted octanol–water partition coefficient (Wildman–Crippen LogP) is 2.52. The molecular weight excluding hydrogens is 134 g/mol. The van der Waals surface area contributed by atoms with Gasteiger partial charge < -0.3 is 4.90 Å². The lowest BCUT2D eigenvalue weighted by Gasteiger charge is -2.25. The molecule has 0 aromatic rings. The first-order valence-electron chi connectivity index (χ1n) is 4.98. The van der Waals surface area contributed by atoms with Gasteiger partial charge in [0.25, 0.3) is 0 Å². The highest BCUT2D eigenvalue weighted by Crippen LogP contribution is 2.30. The second-order valence-corrected chi connectivity index (χ2v) is 4.03. The van der Waals surface area contributed by atoms with Crippen molar-refractivity contribution in [1.29, 1.82) is 0 Å². The van der Waals surface area contributed by atoms with Crippen molar-refractivity contribution < 1.29 is 0 Å². The molecule has 0 saturated heterocycles. The Balaban J connectivity index is 2.19. The minimum absolute atomic E-state index is 0.746. The van der Waals surface area contributed by atoms with Crippen LogP contribution in [-0.2, 0) is 0 Å².